The van der Waals surface area contributed by atoms with E-state index in [-0.39, 0.29) is 11.6 Å². The number of hydrogen-bond donors (Lipinski definition) is 2. The Bertz CT molecular complexity index is 293. The van der Waals surface area contributed by atoms with E-state index in [1.807, 2.05) is 0 Å². The summed E-state index contributed by atoms with van der Waals surface area (Å²) >= 11 is 5.41. The maximum absolute atomic E-state index is 12.7. The summed E-state index contributed by atoms with van der Waals surface area (Å²) in [5.41, 5.74) is 2.10. The predicted octanol–water partition coefficient (Wildman–Crippen LogP) is 2.10. The van der Waals surface area contributed by atoms with Crippen LogP contribution in [0.3, 0.4) is 0 Å². The normalized spacial score (nSPS) is 10.3. The van der Waals surface area contributed by atoms with Crippen molar-refractivity contribution in [1.29, 1.82) is 0 Å². The second-order valence-corrected chi connectivity index (χ2v) is 2.55. The summed E-state index contributed by atoms with van der Waals surface area (Å²) in [7, 11) is 0. The average molecular weight is 194 g/mol. The van der Waals surface area contributed by atoms with Crippen molar-refractivity contribution in [3.8, 4) is 0 Å². The lowest BCUT2D eigenvalue weighted by atomic mass is 10.2. The van der Waals surface area contributed by atoms with Crippen molar-refractivity contribution < 1.29 is 14.0 Å². The molecule has 1 rings (SSSR count). The molecule has 0 aliphatic heterocycles. The third-order valence-corrected chi connectivity index (χ3v) is 1.79. The van der Waals surface area contributed by atoms with E-state index in [0.717, 1.165) is 6.07 Å². The Morgan fingerprint density at radius 2 is 2.08 bits per heavy atom. The summed E-state index contributed by atoms with van der Waals surface area (Å²) in [5, 5.41) is 7.97. The van der Waals surface area contributed by atoms with E-state index in [1.165, 1.54) is 6.07 Å². The summed E-state index contributed by atoms with van der Waals surface area (Å²) in [6.45, 7) is -0.0178. The molecule has 0 heterocycles. The Labute approximate surface area is 72.7 Å². The van der Waals surface area contributed by atoms with Crippen molar-refractivity contribution in [3.63, 3.8) is 0 Å². The Hall–Kier alpha value is -0.710. The van der Waals surface area contributed by atoms with Gasteiger partial charge in [-0.2, -0.15) is 0 Å². The minimum Gasteiger partial charge on any atom is -0.316 e. The van der Waals surface area contributed by atoms with Gasteiger partial charge in [-0.1, -0.05) is 17.7 Å². The largest absolute Gasteiger partial charge is 0.316 e. The lowest BCUT2D eigenvalue weighted by Crippen LogP contribution is -2.07. The van der Waals surface area contributed by atoms with Gasteiger partial charge < -0.3 is 5.21 Å². The highest BCUT2D eigenvalue weighted by Crippen LogP contribution is 2.21. The fourth-order valence-corrected chi connectivity index (χ4v) is 1.01. The molecule has 0 unspecified atom stereocenters. The molecule has 1 aromatic carbocycles. The number of hydrogen-bond acceptors (Lipinski definition) is 2. The van der Waals surface area contributed by atoms with Crippen LogP contribution in [0.5, 0.6) is 0 Å². The number of hydroxylamine groups is 1. The lowest BCUT2D eigenvalue weighted by Gasteiger charge is -2.03. The highest BCUT2D eigenvalue weighted by molar-refractivity contribution is 6.31. The van der Waals surface area contributed by atoms with Crippen molar-refractivity contribution in [1.82, 2.24) is 5.48 Å². The van der Waals surface area contributed by atoms with Gasteiger partial charge in [0.15, 0.2) is 11.6 Å². The predicted molar refractivity (Wildman–Crippen MR) is 40.0 cm³/mol. The van der Waals surface area contributed by atoms with E-state index in [1.54, 1.807) is 5.48 Å². The highest BCUT2D eigenvalue weighted by Gasteiger charge is 2.10. The molecule has 0 amide bonds. The zero-order valence-corrected chi connectivity index (χ0v) is 6.70. The van der Waals surface area contributed by atoms with E-state index in [4.69, 9.17) is 16.8 Å². The monoisotopic (exact) mass is 193 g/mol. The quantitative estimate of drug-likeness (QED) is 0.557. The topological polar surface area (TPSA) is 32.3 Å². The van der Waals surface area contributed by atoms with Gasteiger partial charge in [0.1, 0.15) is 0 Å². The minimum absolute atomic E-state index is 0.0178. The number of rotatable bonds is 2. The van der Waals surface area contributed by atoms with Crippen LogP contribution in [0, 0.1) is 11.6 Å². The van der Waals surface area contributed by atoms with E-state index in [0.29, 0.717) is 5.56 Å². The molecular formula is C7H6ClF2NO. The molecule has 2 nitrogen and oxygen atoms in total. The number of halogens is 3. The van der Waals surface area contributed by atoms with Crippen molar-refractivity contribution in [3.05, 3.63) is 34.4 Å². The van der Waals surface area contributed by atoms with Crippen molar-refractivity contribution in [2.75, 3.05) is 0 Å². The molecule has 0 fully saturated rings. The van der Waals surface area contributed by atoms with Gasteiger partial charge in [0.05, 0.1) is 5.02 Å². The molecule has 0 aliphatic rings. The molecule has 0 bridgehead atoms. The van der Waals surface area contributed by atoms with Gasteiger partial charge in [0.25, 0.3) is 0 Å². The zero-order valence-electron chi connectivity index (χ0n) is 5.94. The first-order chi connectivity index (χ1) is 5.66. The van der Waals surface area contributed by atoms with Gasteiger partial charge in [-0.05, 0) is 11.6 Å². The molecule has 0 radical (unpaired) electrons. The summed E-state index contributed by atoms with van der Waals surface area (Å²) in [5.74, 6) is -2.09. The number of nitrogens with one attached hydrogen (secondary N) is 1. The summed E-state index contributed by atoms with van der Waals surface area (Å²) in [6.07, 6.45) is 0. The average Bonchev–Trinajstić information content (AvgIpc) is 2.07. The van der Waals surface area contributed by atoms with Crippen molar-refractivity contribution >= 4 is 11.6 Å². The minimum atomic E-state index is -1.09. The summed E-state index contributed by atoms with van der Waals surface area (Å²) in [4.78, 5) is 0. The second-order valence-electron chi connectivity index (χ2n) is 2.17. The first-order valence-electron chi connectivity index (χ1n) is 3.16. The summed E-state index contributed by atoms with van der Waals surface area (Å²) in [6, 6.07) is 2.25. The first kappa shape index (κ1) is 9.38. The van der Waals surface area contributed by atoms with Crippen LogP contribution in [0.1, 0.15) is 5.56 Å². The number of benzene rings is 1. The Balaban J connectivity index is 3.08. The maximum Gasteiger partial charge on any atom is 0.177 e. The molecular weight excluding hydrogens is 188 g/mol. The molecule has 66 valence electrons. The molecule has 12 heavy (non-hydrogen) atoms. The van der Waals surface area contributed by atoms with Crippen LogP contribution in [0.25, 0.3) is 0 Å². The maximum atomic E-state index is 12.7. The molecule has 0 aromatic heterocycles. The van der Waals surface area contributed by atoms with Crippen LogP contribution < -0.4 is 5.48 Å². The van der Waals surface area contributed by atoms with Gasteiger partial charge in [0.2, 0.25) is 0 Å². The Morgan fingerprint density at radius 3 is 2.67 bits per heavy atom. The van der Waals surface area contributed by atoms with Crippen molar-refractivity contribution in [2.45, 2.75) is 6.54 Å². The van der Waals surface area contributed by atoms with Crippen LogP contribution in [-0.2, 0) is 6.54 Å². The molecule has 1 aromatic rings. The van der Waals surface area contributed by atoms with Crippen molar-refractivity contribution in [2.24, 2.45) is 0 Å². The van der Waals surface area contributed by atoms with E-state index in [9.17, 15) is 8.78 Å². The van der Waals surface area contributed by atoms with Gasteiger partial charge in [-0.3, -0.25) is 0 Å². The third kappa shape index (κ3) is 1.72. The van der Waals surface area contributed by atoms with Crippen LogP contribution in [-0.4, -0.2) is 5.21 Å². The fourth-order valence-electron chi connectivity index (χ4n) is 0.788. The molecule has 0 saturated heterocycles. The highest BCUT2D eigenvalue weighted by atomic mass is 35.5. The van der Waals surface area contributed by atoms with Gasteiger partial charge in [0, 0.05) is 6.54 Å². The first-order valence-corrected chi connectivity index (χ1v) is 3.54. The lowest BCUT2D eigenvalue weighted by molar-refractivity contribution is 0.161. The third-order valence-electron chi connectivity index (χ3n) is 1.38. The molecule has 0 aliphatic carbocycles. The smallest absolute Gasteiger partial charge is 0.177 e. The van der Waals surface area contributed by atoms with Crippen LogP contribution in [0.2, 0.25) is 5.02 Å². The fraction of sp³-hybridized carbons (Fsp3) is 0.143. The van der Waals surface area contributed by atoms with Gasteiger partial charge in [-0.15, -0.1) is 0 Å². The second kappa shape index (κ2) is 3.80. The molecule has 5 heteroatoms. The standard InChI is InChI=1S/C7H6ClF2NO/c8-6-4(3-11-12)1-2-5(9)7(6)10/h1-2,11-12H,3H2. The zero-order chi connectivity index (χ0) is 9.14. The van der Waals surface area contributed by atoms with Crippen LogP contribution >= 0.6 is 11.6 Å². The summed E-state index contributed by atoms with van der Waals surface area (Å²) < 4.78 is 25.2. The Morgan fingerprint density at radius 1 is 1.42 bits per heavy atom. The van der Waals surface area contributed by atoms with Gasteiger partial charge >= 0.3 is 0 Å². The van der Waals surface area contributed by atoms with E-state index in [2.05, 4.69) is 0 Å². The van der Waals surface area contributed by atoms with Crippen LogP contribution in [0.15, 0.2) is 12.1 Å². The van der Waals surface area contributed by atoms with Crippen LogP contribution in [0.4, 0.5) is 8.78 Å². The molecule has 0 spiro atoms. The molecule has 0 saturated carbocycles. The molecule has 0 atom stereocenters. The molecule has 2 N–H and O–H groups in total. The van der Waals surface area contributed by atoms with E-state index >= 15 is 0 Å². The van der Waals surface area contributed by atoms with Gasteiger partial charge in [-0.25, -0.2) is 14.3 Å². The SMILES string of the molecule is ONCc1ccc(F)c(F)c1Cl. The Kier molecular flexibility index (Phi) is 2.97. The van der Waals surface area contributed by atoms with E-state index < -0.39 is 11.6 Å².